The van der Waals surface area contributed by atoms with Gasteiger partial charge in [-0.3, -0.25) is 9.59 Å². The Bertz CT molecular complexity index is 1020. The quantitative estimate of drug-likeness (QED) is 0.558. The van der Waals surface area contributed by atoms with Gasteiger partial charge in [0.25, 0.3) is 5.91 Å². The molecule has 0 N–H and O–H groups in total. The van der Waals surface area contributed by atoms with E-state index in [1.54, 1.807) is 38.4 Å². The Morgan fingerprint density at radius 1 is 1.03 bits per heavy atom. The van der Waals surface area contributed by atoms with Gasteiger partial charge in [-0.15, -0.1) is 0 Å². The van der Waals surface area contributed by atoms with Crippen molar-refractivity contribution in [3.05, 3.63) is 83.2 Å². The summed E-state index contributed by atoms with van der Waals surface area (Å²) in [6, 6.07) is 15.9. The summed E-state index contributed by atoms with van der Waals surface area (Å²) in [5.41, 5.74) is 2.84. The van der Waals surface area contributed by atoms with Gasteiger partial charge in [-0.25, -0.2) is 0 Å². The maximum Gasteiger partial charge on any atom is 0.293 e. The van der Waals surface area contributed by atoms with Crippen molar-refractivity contribution in [2.45, 2.75) is 38.6 Å². The molecule has 0 aliphatic carbocycles. The van der Waals surface area contributed by atoms with E-state index in [1.807, 2.05) is 24.3 Å². The highest BCUT2D eigenvalue weighted by Crippen LogP contribution is 2.27. The number of nitrogens with zero attached hydrogens (tertiary/aromatic N) is 2. The van der Waals surface area contributed by atoms with Gasteiger partial charge < -0.3 is 14.2 Å². The van der Waals surface area contributed by atoms with Crippen LogP contribution in [0.15, 0.2) is 65.3 Å². The van der Waals surface area contributed by atoms with Crippen molar-refractivity contribution in [1.82, 2.24) is 10.1 Å². The standard InChI is InChI=1S/C25H28N2O4/c1-25(2,3)19-10-6-17(7-11-19)16-21(28)23(18-8-12-20(30-5)13-9-18)27(4)24(29)22-14-15-26-31-22/h6-15,23H,16H2,1-5H3. The van der Waals surface area contributed by atoms with Gasteiger partial charge >= 0.3 is 0 Å². The molecule has 0 saturated carbocycles. The number of hydrogen-bond donors (Lipinski definition) is 0. The number of ether oxygens (including phenoxy) is 1. The summed E-state index contributed by atoms with van der Waals surface area (Å²) in [6.45, 7) is 6.45. The van der Waals surface area contributed by atoms with Crippen LogP contribution >= 0.6 is 0 Å². The van der Waals surface area contributed by atoms with Crippen LogP contribution in [0.1, 0.15) is 54.1 Å². The van der Waals surface area contributed by atoms with Gasteiger partial charge in [0.05, 0.1) is 13.3 Å². The Kier molecular flexibility index (Phi) is 6.59. The number of carbonyl (C=O) groups excluding carboxylic acids is 2. The summed E-state index contributed by atoms with van der Waals surface area (Å²) in [5.74, 6) is 0.263. The van der Waals surface area contributed by atoms with E-state index in [9.17, 15) is 9.59 Å². The topological polar surface area (TPSA) is 72.6 Å². The first-order chi connectivity index (χ1) is 14.7. The van der Waals surface area contributed by atoms with Crippen LogP contribution in [0, 0.1) is 0 Å². The van der Waals surface area contributed by atoms with Crippen molar-refractivity contribution >= 4 is 11.7 Å². The average molecular weight is 421 g/mol. The molecular weight excluding hydrogens is 392 g/mol. The lowest BCUT2D eigenvalue weighted by Crippen LogP contribution is -2.36. The Balaban J connectivity index is 1.89. The molecule has 1 atom stereocenters. The molecule has 0 bridgehead atoms. The highest BCUT2D eigenvalue weighted by Gasteiger charge is 2.30. The molecule has 1 heterocycles. The number of methoxy groups -OCH3 is 1. The van der Waals surface area contributed by atoms with Crippen LogP contribution in [0.25, 0.3) is 0 Å². The third-order valence-electron chi connectivity index (χ3n) is 5.29. The first kappa shape index (κ1) is 22.3. The molecule has 162 valence electrons. The minimum absolute atomic E-state index is 0.0396. The van der Waals surface area contributed by atoms with Crippen molar-refractivity contribution in [3.8, 4) is 5.75 Å². The van der Waals surface area contributed by atoms with Gasteiger partial charge in [-0.1, -0.05) is 62.3 Å². The van der Waals surface area contributed by atoms with Crippen molar-refractivity contribution in [2.24, 2.45) is 0 Å². The molecule has 0 fully saturated rings. The zero-order chi connectivity index (χ0) is 22.6. The minimum Gasteiger partial charge on any atom is -0.497 e. The Morgan fingerprint density at radius 2 is 1.68 bits per heavy atom. The Labute approximate surface area is 182 Å². The maximum absolute atomic E-state index is 13.4. The fourth-order valence-corrected chi connectivity index (χ4v) is 3.45. The van der Waals surface area contributed by atoms with Crippen molar-refractivity contribution in [3.63, 3.8) is 0 Å². The molecule has 0 aliphatic rings. The zero-order valence-electron chi connectivity index (χ0n) is 18.6. The second kappa shape index (κ2) is 9.16. The van der Waals surface area contributed by atoms with Crippen molar-refractivity contribution in [2.75, 3.05) is 14.2 Å². The second-order valence-electron chi connectivity index (χ2n) is 8.56. The Morgan fingerprint density at radius 3 is 2.19 bits per heavy atom. The molecule has 0 radical (unpaired) electrons. The number of Topliss-reactive ketones (excluding diaryl/α,β-unsaturated/α-hetero) is 1. The molecule has 1 aromatic heterocycles. The number of aromatic nitrogens is 1. The van der Waals surface area contributed by atoms with E-state index >= 15 is 0 Å². The fraction of sp³-hybridized carbons (Fsp3) is 0.320. The molecule has 3 rings (SSSR count). The lowest BCUT2D eigenvalue weighted by atomic mass is 9.86. The van der Waals surface area contributed by atoms with Crippen LogP contribution in [0.3, 0.4) is 0 Å². The zero-order valence-corrected chi connectivity index (χ0v) is 18.6. The first-order valence-corrected chi connectivity index (χ1v) is 10.1. The predicted molar refractivity (Wildman–Crippen MR) is 118 cm³/mol. The van der Waals surface area contributed by atoms with E-state index in [2.05, 4.69) is 25.9 Å². The first-order valence-electron chi connectivity index (χ1n) is 10.1. The number of benzene rings is 2. The van der Waals surface area contributed by atoms with E-state index in [4.69, 9.17) is 9.26 Å². The molecule has 0 aliphatic heterocycles. The number of ketones is 1. The molecule has 1 amide bonds. The summed E-state index contributed by atoms with van der Waals surface area (Å²) in [4.78, 5) is 27.7. The highest BCUT2D eigenvalue weighted by atomic mass is 16.5. The van der Waals surface area contributed by atoms with Gasteiger partial charge in [0, 0.05) is 19.5 Å². The Hall–Kier alpha value is -3.41. The number of hydrogen-bond acceptors (Lipinski definition) is 5. The fourth-order valence-electron chi connectivity index (χ4n) is 3.45. The third kappa shape index (κ3) is 5.20. The van der Waals surface area contributed by atoms with E-state index in [0.717, 1.165) is 5.56 Å². The number of carbonyl (C=O) groups is 2. The minimum atomic E-state index is -0.772. The average Bonchev–Trinajstić information content (AvgIpc) is 3.28. The van der Waals surface area contributed by atoms with Gasteiger partial charge in [0.1, 0.15) is 11.8 Å². The molecule has 2 aromatic carbocycles. The van der Waals surface area contributed by atoms with Crippen LogP contribution in [-0.4, -0.2) is 35.9 Å². The van der Waals surface area contributed by atoms with Crippen molar-refractivity contribution < 1.29 is 18.8 Å². The SMILES string of the molecule is COc1ccc(C(C(=O)Cc2ccc(C(C)(C)C)cc2)N(C)C(=O)c2ccno2)cc1. The molecule has 0 saturated heterocycles. The molecular formula is C25H28N2O4. The van der Waals surface area contributed by atoms with E-state index < -0.39 is 11.9 Å². The molecule has 1 unspecified atom stereocenters. The smallest absolute Gasteiger partial charge is 0.293 e. The van der Waals surface area contributed by atoms with Crippen LogP contribution < -0.4 is 4.74 Å². The summed E-state index contributed by atoms with van der Waals surface area (Å²) >= 11 is 0. The van der Waals surface area contributed by atoms with Gasteiger partial charge in [-0.2, -0.15) is 0 Å². The van der Waals surface area contributed by atoms with Crippen LogP contribution in [0.4, 0.5) is 0 Å². The van der Waals surface area contributed by atoms with Gasteiger partial charge in [-0.05, 0) is 34.2 Å². The number of rotatable bonds is 7. The molecule has 6 nitrogen and oxygen atoms in total. The summed E-state index contributed by atoms with van der Waals surface area (Å²) in [5, 5.41) is 3.60. The monoisotopic (exact) mass is 420 g/mol. The predicted octanol–water partition coefficient (Wildman–Crippen LogP) is 4.61. The molecule has 0 spiro atoms. The van der Waals surface area contributed by atoms with E-state index in [1.165, 1.54) is 22.7 Å². The molecule has 6 heteroatoms. The van der Waals surface area contributed by atoms with E-state index in [0.29, 0.717) is 11.3 Å². The second-order valence-corrected chi connectivity index (χ2v) is 8.56. The normalized spacial score (nSPS) is 12.3. The van der Waals surface area contributed by atoms with Crippen LogP contribution in [0.2, 0.25) is 0 Å². The molecule has 31 heavy (non-hydrogen) atoms. The largest absolute Gasteiger partial charge is 0.497 e. The molecule has 3 aromatic rings. The summed E-state index contributed by atoms with van der Waals surface area (Å²) < 4.78 is 10.2. The van der Waals surface area contributed by atoms with Gasteiger partial charge in [0.15, 0.2) is 5.78 Å². The summed E-state index contributed by atoms with van der Waals surface area (Å²) in [6.07, 6.45) is 1.61. The number of likely N-dealkylation sites (N-methyl/N-ethyl adjacent to an activating group) is 1. The number of amides is 1. The van der Waals surface area contributed by atoms with Crippen LogP contribution in [0.5, 0.6) is 5.75 Å². The maximum atomic E-state index is 13.4. The van der Waals surface area contributed by atoms with E-state index in [-0.39, 0.29) is 23.4 Å². The summed E-state index contributed by atoms with van der Waals surface area (Å²) in [7, 11) is 3.18. The highest BCUT2D eigenvalue weighted by molar-refractivity contribution is 5.96. The lowest BCUT2D eigenvalue weighted by molar-refractivity contribution is -0.122. The van der Waals surface area contributed by atoms with Crippen LogP contribution in [-0.2, 0) is 16.6 Å². The van der Waals surface area contributed by atoms with Crippen molar-refractivity contribution in [1.29, 1.82) is 0 Å². The lowest BCUT2D eigenvalue weighted by Gasteiger charge is -2.27. The van der Waals surface area contributed by atoms with Gasteiger partial charge in [0.2, 0.25) is 5.76 Å². The third-order valence-corrected chi connectivity index (χ3v) is 5.29.